The van der Waals surface area contributed by atoms with Gasteiger partial charge in [-0.3, -0.25) is 4.98 Å². The number of nitrogens with one attached hydrogen (secondary N) is 1. The molecule has 2 aliphatic rings. The van der Waals surface area contributed by atoms with Gasteiger partial charge < -0.3 is 19.7 Å². The number of hydrogen-bond donors (Lipinski definition) is 1. The van der Waals surface area contributed by atoms with Gasteiger partial charge >= 0.3 is 5.97 Å². The lowest BCUT2D eigenvalue weighted by Gasteiger charge is -2.41. The largest absolute Gasteiger partial charge is 0.464 e. The summed E-state index contributed by atoms with van der Waals surface area (Å²) in [7, 11) is 0. The van der Waals surface area contributed by atoms with Crippen LogP contribution in [0.5, 0.6) is 0 Å². The van der Waals surface area contributed by atoms with E-state index in [1.165, 1.54) is 11.1 Å². The van der Waals surface area contributed by atoms with Crippen LogP contribution in [0.4, 0.5) is 5.69 Å². The van der Waals surface area contributed by atoms with Crippen molar-refractivity contribution < 1.29 is 14.3 Å². The molecule has 0 radical (unpaired) electrons. The third-order valence-electron chi connectivity index (χ3n) is 7.63. The molecule has 0 unspecified atom stereocenters. The zero-order valence-corrected chi connectivity index (χ0v) is 24.1. The van der Waals surface area contributed by atoms with Gasteiger partial charge in [-0.25, -0.2) is 4.79 Å². The Hall–Kier alpha value is -2.44. The normalized spacial score (nSPS) is 18.3. The number of aromatic nitrogens is 1. The number of carbonyl (C=O) groups is 1. The number of nitrogens with zero attached hydrogens (tertiary/aromatic N) is 2. The molecule has 4 rings (SSSR count). The maximum Gasteiger partial charge on any atom is 0.340 e. The highest BCUT2D eigenvalue weighted by atomic mass is 16.6. The van der Waals surface area contributed by atoms with Crippen LogP contribution in [0.1, 0.15) is 88.6 Å². The molecular formula is C31H45N3O3. The van der Waals surface area contributed by atoms with E-state index in [-0.39, 0.29) is 5.97 Å². The van der Waals surface area contributed by atoms with Crippen LogP contribution in [-0.2, 0) is 27.2 Å². The number of ether oxygens (including phenoxy) is 2. The fourth-order valence-corrected chi connectivity index (χ4v) is 5.60. The molecule has 2 aliphatic heterocycles. The maximum atomic E-state index is 13.4. The average Bonchev–Trinajstić information content (AvgIpc) is 2.82. The van der Waals surface area contributed by atoms with Crippen LogP contribution in [-0.4, -0.2) is 42.8 Å². The Bertz CT molecular complexity index is 1140. The molecule has 1 N–H and O–H groups in total. The summed E-state index contributed by atoms with van der Waals surface area (Å²) in [6.07, 6.45) is 2.34. The van der Waals surface area contributed by atoms with E-state index < -0.39 is 11.7 Å². The van der Waals surface area contributed by atoms with E-state index >= 15 is 0 Å². The van der Waals surface area contributed by atoms with Crippen molar-refractivity contribution in [3.05, 3.63) is 46.3 Å². The zero-order chi connectivity index (χ0) is 27.0. The molecule has 37 heavy (non-hydrogen) atoms. The van der Waals surface area contributed by atoms with Crippen LogP contribution in [0.25, 0.3) is 11.1 Å². The van der Waals surface area contributed by atoms with E-state index in [0.29, 0.717) is 12.0 Å². The molecule has 1 saturated heterocycles. The number of esters is 1. The van der Waals surface area contributed by atoms with Crippen molar-refractivity contribution >= 4 is 11.7 Å². The Kier molecular flexibility index (Phi) is 8.01. The van der Waals surface area contributed by atoms with Crippen molar-refractivity contribution in [3.63, 3.8) is 0 Å². The molecule has 0 saturated carbocycles. The first kappa shape index (κ1) is 27.6. The van der Waals surface area contributed by atoms with Gasteiger partial charge in [-0.1, -0.05) is 32.0 Å². The summed E-state index contributed by atoms with van der Waals surface area (Å²) < 4.78 is 12.0. The van der Waals surface area contributed by atoms with Gasteiger partial charge in [0.2, 0.25) is 0 Å². The molecule has 2 aromatic rings. The van der Waals surface area contributed by atoms with Gasteiger partial charge in [0, 0.05) is 42.1 Å². The van der Waals surface area contributed by atoms with Gasteiger partial charge in [-0.2, -0.15) is 0 Å². The number of aryl methyl sites for hydroxylation is 2. The third-order valence-corrected chi connectivity index (χ3v) is 7.63. The van der Waals surface area contributed by atoms with Crippen molar-refractivity contribution in [1.29, 1.82) is 0 Å². The second kappa shape index (κ2) is 10.7. The van der Waals surface area contributed by atoms with Gasteiger partial charge in [-0.05, 0) is 89.5 Å². The quantitative estimate of drug-likeness (QED) is 0.480. The molecule has 0 aliphatic carbocycles. The minimum atomic E-state index is -0.849. The van der Waals surface area contributed by atoms with E-state index in [1.807, 2.05) is 34.6 Å². The Morgan fingerprint density at radius 3 is 2.49 bits per heavy atom. The summed E-state index contributed by atoms with van der Waals surface area (Å²) in [5, 5.41) is 3.47. The number of fused-ring (bicyclic) bond motifs is 1. The number of hydrogen-bond acceptors (Lipinski definition) is 6. The summed E-state index contributed by atoms with van der Waals surface area (Å²) >= 11 is 0. The average molecular weight is 508 g/mol. The number of carbonyl (C=O) groups excluding carboxylic acids is 1. The molecule has 1 aromatic heterocycles. The molecule has 3 heterocycles. The molecule has 0 spiro atoms. The lowest BCUT2D eigenvalue weighted by atomic mass is 9.81. The fraction of sp³-hybridized carbons (Fsp3) is 0.613. The van der Waals surface area contributed by atoms with Gasteiger partial charge in [0.25, 0.3) is 0 Å². The lowest BCUT2D eigenvalue weighted by Crippen LogP contribution is -2.39. The Morgan fingerprint density at radius 2 is 1.84 bits per heavy atom. The van der Waals surface area contributed by atoms with Gasteiger partial charge in [0.1, 0.15) is 0 Å². The van der Waals surface area contributed by atoms with Crippen molar-refractivity contribution in [1.82, 2.24) is 10.3 Å². The van der Waals surface area contributed by atoms with Crippen LogP contribution in [0.2, 0.25) is 0 Å². The second-order valence-corrected chi connectivity index (χ2v) is 12.3. The first-order valence-corrected chi connectivity index (χ1v) is 13.8. The minimum Gasteiger partial charge on any atom is -0.464 e. The van der Waals surface area contributed by atoms with Crippen LogP contribution < -0.4 is 10.2 Å². The van der Waals surface area contributed by atoms with Gasteiger partial charge in [0.05, 0.1) is 17.9 Å². The molecular weight excluding hydrogens is 462 g/mol. The Labute approximate surface area is 223 Å². The lowest BCUT2D eigenvalue weighted by molar-refractivity contribution is -0.166. The highest BCUT2D eigenvalue weighted by molar-refractivity contribution is 5.88. The summed E-state index contributed by atoms with van der Waals surface area (Å²) in [5.74, 6) is -0.354. The first-order chi connectivity index (χ1) is 17.4. The van der Waals surface area contributed by atoms with Crippen LogP contribution in [0, 0.1) is 19.3 Å². The predicted molar refractivity (Wildman–Crippen MR) is 150 cm³/mol. The predicted octanol–water partition coefficient (Wildman–Crippen LogP) is 6.06. The fourth-order valence-electron chi connectivity index (χ4n) is 5.60. The number of anilines is 1. The zero-order valence-electron chi connectivity index (χ0n) is 24.1. The van der Waals surface area contributed by atoms with Gasteiger partial charge in [0.15, 0.2) is 6.10 Å². The van der Waals surface area contributed by atoms with Crippen molar-refractivity contribution in [3.8, 4) is 11.1 Å². The summed E-state index contributed by atoms with van der Waals surface area (Å²) in [4.78, 5) is 20.9. The highest BCUT2D eigenvalue weighted by Crippen LogP contribution is 2.45. The number of pyridine rings is 1. The van der Waals surface area contributed by atoms with Crippen molar-refractivity contribution in [2.75, 3.05) is 31.1 Å². The smallest absolute Gasteiger partial charge is 0.340 e. The Balaban J connectivity index is 1.96. The van der Waals surface area contributed by atoms with Crippen LogP contribution in [0.15, 0.2) is 18.2 Å². The molecule has 0 bridgehead atoms. The van der Waals surface area contributed by atoms with Crippen molar-refractivity contribution in [2.45, 2.75) is 92.9 Å². The third kappa shape index (κ3) is 6.18. The van der Waals surface area contributed by atoms with E-state index in [4.69, 9.17) is 14.5 Å². The summed E-state index contributed by atoms with van der Waals surface area (Å²) in [6, 6.07) is 6.80. The van der Waals surface area contributed by atoms with Gasteiger partial charge in [-0.15, -0.1) is 0 Å². The molecule has 0 amide bonds. The maximum absolute atomic E-state index is 13.4. The Morgan fingerprint density at radius 1 is 1.14 bits per heavy atom. The van der Waals surface area contributed by atoms with E-state index in [2.05, 4.69) is 49.2 Å². The standard InChI is InChI=1S/C31H45N3O3/c1-9-36-29(35)28(37-30(4,5)6)26-21(3)33-20(2)25(27(26)34-16-13-31(7,8)14-17-34)23-10-11-24-19-32-15-12-22(24)18-23/h10-11,18,28,32H,9,12-17,19H2,1-8H3/t28-/m0/s1. The molecule has 1 aromatic carbocycles. The number of benzene rings is 1. The molecule has 1 fully saturated rings. The summed E-state index contributed by atoms with van der Waals surface area (Å²) in [5.41, 5.74) is 8.50. The SMILES string of the molecule is CCOC(=O)[C@@H](OC(C)(C)C)c1c(C)nc(C)c(-c2ccc3c(c2)CCNC3)c1N1CCC(C)(C)CC1. The minimum absolute atomic E-state index is 0.301. The van der Waals surface area contributed by atoms with E-state index in [1.54, 1.807) is 0 Å². The molecule has 1 atom stereocenters. The van der Waals surface area contributed by atoms with E-state index in [9.17, 15) is 4.79 Å². The molecule has 202 valence electrons. The molecule has 6 nitrogen and oxygen atoms in total. The van der Waals surface area contributed by atoms with Crippen molar-refractivity contribution in [2.24, 2.45) is 5.41 Å². The second-order valence-electron chi connectivity index (χ2n) is 12.3. The number of piperidine rings is 1. The summed E-state index contributed by atoms with van der Waals surface area (Å²) in [6.45, 7) is 20.6. The number of rotatable bonds is 6. The highest BCUT2D eigenvalue weighted by Gasteiger charge is 2.37. The topological polar surface area (TPSA) is 63.7 Å². The monoisotopic (exact) mass is 507 g/mol. The van der Waals surface area contributed by atoms with Crippen LogP contribution in [0.3, 0.4) is 0 Å². The molecule has 6 heteroatoms. The van der Waals surface area contributed by atoms with E-state index in [0.717, 1.165) is 79.2 Å². The first-order valence-electron chi connectivity index (χ1n) is 13.8. The van der Waals surface area contributed by atoms with Crippen LogP contribution >= 0.6 is 0 Å².